The van der Waals surface area contributed by atoms with Crippen molar-refractivity contribution >= 4 is 29.2 Å². The lowest BCUT2D eigenvalue weighted by Crippen LogP contribution is -2.29. The predicted molar refractivity (Wildman–Crippen MR) is 133 cm³/mol. The Balaban J connectivity index is 1.74. The highest BCUT2D eigenvalue weighted by molar-refractivity contribution is 5.97. The minimum atomic E-state index is -0.583. The van der Waals surface area contributed by atoms with E-state index in [1.54, 1.807) is 19.0 Å². The third kappa shape index (κ3) is 6.04. The average molecular weight is 446 g/mol. The number of nitrogens with two attached hydrogens (primary N) is 1. The number of likely N-dealkylation sites (N-methyl/N-ethyl adjacent to an activating group) is 1. The van der Waals surface area contributed by atoms with Gasteiger partial charge in [0.2, 0.25) is 11.7 Å². The largest absolute Gasteiger partial charge is 0.369 e. The molecular formula is C26H28FN5O. The molecule has 0 saturated carbocycles. The highest BCUT2D eigenvalue weighted by Gasteiger charge is 2.18. The maximum absolute atomic E-state index is 15.4. The number of aliphatic imine (C=N–C) groups is 2. The first-order valence-electron chi connectivity index (χ1n) is 10.5. The highest BCUT2D eigenvalue weighted by atomic mass is 19.1. The fourth-order valence-electron chi connectivity index (χ4n) is 3.67. The second kappa shape index (κ2) is 11.0. The maximum Gasteiger partial charge on any atom is 0.221 e. The molecule has 0 fully saturated rings. The van der Waals surface area contributed by atoms with Crippen LogP contribution in [0.25, 0.3) is 10.8 Å². The molecule has 0 aliphatic rings. The van der Waals surface area contributed by atoms with E-state index in [9.17, 15) is 4.79 Å². The Labute approximate surface area is 193 Å². The number of amides is 1. The Morgan fingerprint density at radius 1 is 1.06 bits per heavy atom. The van der Waals surface area contributed by atoms with Crippen molar-refractivity contribution in [3.63, 3.8) is 0 Å². The van der Waals surface area contributed by atoms with E-state index in [1.165, 1.54) is 0 Å². The molecule has 0 aliphatic heterocycles. The topological polar surface area (TPSA) is 83.1 Å². The Bertz CT molecular complexity index is 1200. The number of amidine groups is 1. The molecule has 0 atom stereocenters. The van der Waals surface area contributed by atoms with Gasteiger partial charge in [-0.2, -0.15) is 4.39 Å². The quantitative estimate of drug-likeness (QED) is 0.386. The van der Waals surface area contributed by atoms with Gasteiger partial charge in [0, 0.05) is 27.2 Å². The average Bonchev–Trinajstić information content (AvgIpc) is 2.81. The van der Waals surface area contributed by atoms with Crippen molar-refractivity contribution in [2.45, 2.75) is 19.5 Å². The summed E-state index contributed by atoms with van der Waals surface area (Å²) in [5.74, 6) is -0.778. The summed E-state index contributed by atoms with van der Waals surface area (Å²) < 4.78 is 15.4. The highest BCUT2D eigenvalue weighted by Crippen LogP contribution is 2.21. The molecule has 1 amide bonds. The number of hydrogen-bond donors (Lipinski definition) is 2. The number of carbonyl (C=O) groups excluding carboxylic acids is 1. The number of fused-ring (bicyclic) bond motifs is 1. The molecule has 33 heavy (non-hydrogen) atoms. The molecule has 3 rings (SSSR count). The predicted octanol–water partition coefficient (Wildman–Crippen LogP) is 3.96. The van der Waals surface area contributed by atoms with Crippen molar-refractivity contribution in [3.8, 4) is 0 Å². The van der Waals surface area contributed by atoms with Crippen molar-refractivity contribution in [3.05, 3.63) is 95.1 Å². The van der Waals surface area contributed by atoms with Crippen LogP contribution in [0.3, 0.4) is 0 Å². The molecule has 3 aromatic rings. The van der Waals surface area contributed by atoms with Gasteiger partial charge in [-0.1, -0.05) is 66.7 Å². The lowest BCUT2D eigenvalue weighted by atomic mass is 10.0. The smallest absolute Gasteiger partial charge is 0.221 e. The van der Waals surface area contributed by atoms with Crippen molar-refractivity contribution in [2.75, 3.05) is 14.1 Å². The Kier molecular flexibility index (Phi) is 7.91. The summed E-state index contributed by atoms with van der Waals surface area (Å²) in [4.78, 5) is 20.8. The van der Waals surface area contributed by atoms with Crippen LogP contribution in [0.5, 0.6) is 0 Å². The van der Waals surface area contributed by atoms with Crippen molar-refractivity contribution in [2.24, 2.45) is 15.7 Å². The van der Waals surface area contributed by atoms with Gasteiger partial charge in [-0.3, -0.25) is 9.79 Å². The fourth-order valence-corrected chi connectivity index (χ4v) is 3.67. The minimum Gasteiger partial charge on any atom is -0.369 e. The van der Waals surface area contributed by atoms with E-state index in [-0.39, 0.29) is 24.0 Å². The molecule has 0 radical (unpaired) electrons. The molecule has 0 saturated heterocycles. The fraction of sp³-hybridized carbons (Fsp3) is 0.192. The van der Waals surface area contributed by atoms with Crippen LogP contribution in [0.1, 0.15) is 16.7 Å². The molecule has 7 heteroatoms. The van der Waals surface area contributed by atoms with Gasteiger partial charge in [0.15, 0.2) is 11.7 Å². The van der Waals surface area contributed by atoms with Gasteiger partial charge in [-0.25, -0.2) is 4.99 Å². The second-order valence-corrected chi connectivity index (χ2v) is 7.68. The SMILES string of the molecule is C=N/C(NCc1ccc(CC(N)=O)cc1)=C(F)\C(=N/C)N(C)Cc1cccc2ccccc12. The van der Waals surface area contributed by atoms with E-state index >= 15 is 4.39 Å². The molecule has 0 spiro atoms. The minimum absolute atomic E-state index is 0.0154. The first-order chi connectivity index (χ1) is 15.9. The number of halogens is 1. The van der Waals surface area contributed by atoms with Gasteiger partial charge in [-0.15, -0.1) is 0 Å². The standard InChI is InChI=1S/C26H28FN5O/c1-29-25(31-16-19-13-11-18(12-14-19)15-23(28)33)24(27)26(30-2)32(3)17-21-9-6-8-20-7-4-5-10-22(20)21/h4-14,31H,1,15-17H2,2-3H3,(H2,28,33)/b25-24-,30-26+. The third-order valence-electron chi connectivity index (χ3n) is 5.28. The molecule has 0 unspecified atom stereocenters. The van der Waals surface area contributed by atoms with Crippen LogP contribution in [0.2, 0.25) is 0 Å². The zero-order valence-corrected chi connectivity index (χ0v) is 18.9. The van der Waals surface area contributed by atoms with Crippen LogP contribution >= 0.6 is 0 Å². The number of carbonyl (C=O) groups is 1. The van der Waals surface area contributed by atoms with Gasteiger partial charge in [0.1, 0.15) is 0 Å². The van der Waals surface area contributed by atoms with Crippen molar-refractivity contribution < 1.29 is 9.18 Å². The number of nitrogens with zero attached hydrogens (tertiary/aromatic N) is 3. The normalized spacial score (nSPS) is 12.3. The number of benzene rings is 3. The zero-order valence-electron chi connectivity index (χ0n) is 18.9. The summed E-state index contributed by atoms with van der Waals surface area (Å²) in [5.41, 5.74) is 8.02. The van der Waals surface area contributed by atoms with Crippen LogP contribution in [0.15, 0.2) is 88.4 Å². The maximum atomic E-state index is 15.4. The Morgan fingerprint density at radius 2 is 1.73 bits per heavy atom. The zero-order chi connectivity index (χ0) is 23.8. The van der Waals surface area contributed by atoms with E-state index in [2.05, 4.69) is 40.2 Å². The molecule has 6 nitrogen and oxygen atoms in total. The van der Waals surface area contributed by atoms with E-state index < -0.39 is 5.83 Å². The van der Waals surface area contributed by atoms with Gasteiger partial charge < -0.3 is 16.0 Å². The Hall–Kier alpha value is -4.00. The summed E-state index contributed by atoms with van der Waals surface area (Å²) in [6, 6.07) is 21.5. The first kappa shape index (κ1) is 23.7. The van der Waals surface area contributed by atoms with E-state index in [4.69, 9.17) is 5.73 Å². The molecule has 0 heterocycles. The monoisotopic (exact) mass is 445 g/mol. The summed E-state index contributed by atoms with van der Waals surface area (Å²) in [7, 11) is 3.34. The molecule has 0 aliphatic carbocycles. The van der Waals surface area contributed by atoms with E-state index in [0.717, 1.165) is 27.5 Å². The molecule has 3 N–H and O–H groups in total. The Morgan fingerprint density at radius 3 is 2.39 bits per heavy atom. The lowest BCUT2D eigenvalue weighted by molar-refractivity contribution is -0.117. The van der Waals surface area contributed by atoms with Crippen LogP contribution in [-0.2, 0) is 24.3 Å². The summed E-state index contributed by atoms with van der Waals surface area (Å²) >= 11 is 0. The molecule has 0 aromatic heterocycles. The van der Waals surface area contributed by atoms with Crippen LogP contribution in [-0.4, -0.2) is 37.5 Å². The second-order valence-electron chi connectivity index (χ2n) is 7.68. The van der Waals surface area contributed by atoms with Crippen LogP contribution in [0.4, 0.5) is 4.39 Å². The number of rotatable bonds is 9. The molecule has 0 bridgehead atoms. The summed E-state index contributed by atoms with van der Waals surface area (Å²) in [6.07, 6.45) is 0.182. The molecular weight excluding hydrogens is 417 g/mol. The summed E-state index contributed by atoms with van der Waals surface area (Å²) in [6.45, 7) is 4.32. The van der Waals surface area contributed by atoms with Gasteiger partial charge in [-0.05, 0) is 34.2 Å². The first-order valence-corrected chi connectivity index (χ1v) is 10.5. The molecule has 3 aromatic carbocycles. The number of nitrogens with one attached hydrogen (secondary N) is 1. The number of primary amides is 1. The van der Waals surface area contributed by atoms with Crippen molar-refractivity contribution in [1.29, 1.82) is 0 Å². The lowest BCUT2D eigenvalue weighted by Gasteiger charge is -2.22. The van der Waals surface area contributed by atoms with Crippen LogP contribution < -0.4 is 11.1 Å². The third-order valence-corrected chi connectivity index (χ3v) is 5.28. The van der Waals surface area contributed by atoms with Crippen molar-refractivity contribution in [1.82, 2.24) is 10.2 Å². The van der Waals surface area contributed by atoms with Gasteiger partial charge in [0.05, 0.1) is 6.42 Å². The van der Waals surface area contributed by atoms with Gasteiger partial charge in [0.25, 0.3) is 0 Å². The van der Waals surface area contributed by atoms with E-state index in [1.807, 2.05) is 48.5 Å². The number of hydrogen-bond acceptors (Lipinski definition) is 4. The molecule has 170 valence electrons. The summed E-state index contributed by atoms with van der Waals surface area (Å²) in [5, 5.41) is 5.23. The van der Waals surface area contributed by atoms with Crippen LogP contribution in [0, 0.1) is 0 Å². The van der Waals surface area contributed by atoms with Gasteiger partial charge >= 0.3 is 0 Å². The van der Waals surface area contributed by atoms with E-state index in [0.29, 0.717) is 13.1 Å².